The number of hydrogen-bond acceptors (Lipinski definition) is 3. The van der Waals surface area contributed by atoms with Crippen LogP contribution in [0.2, 0.25) is 5.02 Å². The van der Waals surface area contributed by atoms with E-state index in [1.54, 1.807) is 0 Å². The van der Waals surface area contributed by atoms with Gasteiger partial charge >= 0.3 is 11.9 Å². The Morgan fingerprint density at radius 2 is 1.75 bits per heavy atom. The van der Waals surface area contributed by atoms with E-state index in [1.165, 1.54) is 24.3 Å². The Morgan fingerprint density at radius 1 is 1.19 bits per heavy atom. The molecular formula is C10H7ClO5. The van der Waals surface area contributed by atoms with Crippen LogP contribution in [-0.2, 0) is 9.59 Å². The van der Waals surface area contributed by atoms with Crippen LogP contribution in [0.3, 0.4) is 0 Å². The zero-order chi connectivity index (χ0) is 12.1. The number of carbonyl (C=O) groups is 2. The summed E-state index contributed by atoms with van der Waals surface area (Å²) in [6.45, 7) is 0. The maximum absolute atomic E-state index is 10.6. The second-order valence-corrected chi connectivity index (χ2v) is 3.14. The molecule has 0 aromatic heterocycles. The van der Waals surface area contributed by atoms with Crippen LogP contribution in [0.1, 0.15) is 0 Å². The van der Waals surface area contributed by atoms with Gasteiger partial charge in [-0.3, -0.25) is 0 Å². The third-order valence-corrected chi connectivity index (χ3v) is 1.76. The van der Waals surface area contributed by atoms with Gasteiger partial charge in [0.25, 0.3) is 0 Å². The fourth-order valence-electron chi connectivity index (χ4n) is 0.877. The number of rotatable bonds is 4. The van der Waals surface area contributed by atoms with Gasteiger partial charge in [-0.15, -0.1) is 0 Å². The maximum Gasteiger partial charge on any atom is 0.372 e. The third-order valence-electron chi connectivity index (χ3n) is 1.51. The highest BCUT2D eigenvalue weighted by molar-refractivity contribution is 6.30. The van der Waals surface area contributed by atoms with Gasteiger partial charge in [0, 0.05) is 5.02 Å². The lowest BCUT2D eigenvalue weighted by molar-refractivity contribution is -0.137. The Morgan fingerprint density at radius 3 is 2.19 bits per heavy atom. The van der Waals surface area contributed by atoms with Crippen molar-refractivity contribution in [2.75, 3.05) is 0 Å². The molecule has 0 atom stereocenters. The predicted molar refractivity (Wildman–Crippen MR) is 55.4 cm³/mol. The monoisotopic (exact) mass is 242 g/mol. The Bertz CT molecular complexity index is 435. The minimum absolute atomic E-state index is 0.194. The zero-order valence-corrected chi connectivity index (χ0v) is 8.64. The first-order valence-corrected chi connectivity index (χ1v) is 4.48. The number of halogens is 1. The van der Waals surface area contributed by atoms with Crippen LogP contribution in [0.25, 0.3) is 0 Å². The van der Waals surface area contributed by atoms with Crippen molar-refractivity contribution in [2.45, 2.75) is 0 Å². The molecule has 0 radical (unpaired) electrons. The van der Waals surface area contributed by atoms with Crippen molar-refractivity contribution in [1.29, 1.82) is 0 Å². The van der Waals surface area contributed by atoms with Crippen LogP contribution in [-0.4, -0.2) is 22.2 Å². The molecule has 2 N–H and O–H groups in total. The molecule has 6 heteroatoms. The number of aliphatic carboxylic acids is 2. The molecule has 1 aromatic carbocycles. The number of hydrogen-bond donors (Lipinski definition) is 2. The van der Waals surface area contributed by atoms with Crippen molar-refractivity contribution in [1.82, 2.24) is 0 Å². The molecule has 1 rings (SSSR count). The average molecular weight is 243 g/mol. The van der Waals surface area contributed by atoms with Crippen LogP contribution < -0.4 is 4.74 Å². The maximum atomic E-state index is 10.6. The molecule has 0 fully saturated rings. The molecule has 0 amide bonds. The zero-order valence-electron chi connectivity index (χ0n) is 7.88. The first-order valence-electron chi connectivity index (χ1n) is 4.10. The number of carboxylic acid groups (broad SMARTS) is 2. The van der Waals surface area contributed by atoms with E-state index >= 15 is 0 Å². The molecule has 0 unspecified atom stereocenters. The molecular weight excluding hydrogens is 236 g/mol. The molecule has 0 heterocycles. The smallest absolute Gasteiger partial charge is 0.372 e. The van der Waals surface area contributed by atoms with Crippen molar-refractivity contribution >= 4 is 23.5 Å². The summed E-state index contributed by atoms with van der Waals surface area (Å²) in [5.41, 5.74) is 0. The second kappa shape index (κ2) is 5.18. The lowest BCUT2D eigenvalue weighted by atomic mass is 10.3. The quantitative estimate of drug-likeness (QED) is 0.621. The van der Waals surface area contributed by atoms with Crippen molar-refractivity contribution in [3.8, 4) is 5.75 Å². The van der Waals surface area contributed by atoms with Gasteiger partial charge < -0.3 is 14.9 Å². The average Bonchev–Trinajstić information content (AvgIpc) is 2.19. The van der Waals surface area contributed by atoms with Crippen LogP contribution in [0.4, 0.5) is 0 Å². The van der Waals surface area contributed by atoms with Gasteiger partial charge in [0.15, 0.2) is 0 Å². The summed E-state index contributed by atoms with van der Waals surface area (Å²) in [5.74, 6) is -3.34. The van der Waals surface area contributed by atoms with Crippen LogP contribution >= 0.6 is 11.6 Å². The molecule has 0 bridgehead atoms. The largest absolute Gasteiger partial charge is 0.478 e. The summed E-state index contributed by atoms with van der Waals surface area (Å²) in [6.07, 6.45) is 0.469. The number of carboxylic acids is 2. The SMILES string of the molecule is O=C(O)/C=C(/Oc1ccc(Cl)cc1)C(=O)O. The summed E-state index contributed by atoms with van der Waals surface area (Å²) >= 11 is 5.61. The summed E-state index contributed by atoms with van der Waals surface area (Å²) in [5, 5.41) is 17.5. The number of ether oxygens (including phenoxy) is 1. The highest BCUT2D eigenvalue weighted by atomic mass is 35.5. The molecule has 1 aromatic rings. The van der Waals surface area contributed by atoms with Gasteiger partial charge in [0.1, 0.15) is 5.75 Å². The highest BCUT2D eigenvalue weighted by Gasteiger charge is 2.12. The highest BCUT2D eigenvalue weighted by Crippen LogP contribution is 2.17. The Labute approximate surface area is 95.5 Å². The molecule has 5 nitrogen and oxygen atoms in total. The normalized spacial score (nSPS) is 10.9. The third kappa shape index (κ3) is 3.62. The van der Waals surface area contributed by atoms with E-state index in [1.807, 2.05) is 0 Å². The van der Waals surface area contributed by atoms with Gasteiger partial charge in [-0.05, 0) is 24.3 Å². The Kier molecular flexibility index (Phi) is 3.90. The molecule has 0 aliphatic carbocycles. The minimum atomic E-state index is -1.46. The fourth-order valence-corrected chi connectivity index (χ4v) is 1.00. The van der Waals surface area contributed by atoms with Gasteiger partial charge in [0.05, 0.1) is 6.08 Å². The Balaban J connectivity index is 2.88. The molecule has 84 valence electrons. The van der Waals surface area contributed by atoms with Crippen molar-refractivity contribution in [2.24, 2.45) is 0 Å². The lowest BCUT2D eigenvalue weighted by Crippen LogP contribution is -2.10. The van der Waals surface area contributed by atoms with E-state index < -0.39 is 17.7 Å². The van der Waals surface area contributed by atoms with E-state index in [0.29, 0.717) is 11.1 Å². The summed E-state index contributed by atoms with van der Waals surface area (Å²) in [6, 6.07) is 5.86. The summed E-state index contributed by atoms with van der Waals surface area (Å²) in [4.78, 5) is 20.9. The van der Waals surface area contributed by atoms with E-state index in [4.69, 9.17) is 26.6 Å². The van der Waals surface area contributed by atoms with Gasteiger partial charge in [-0.1, -0.05) is 11.6 Å². The fraction of sp³-hybridized carbons (Fsp3) is 0. The molecule has 0 aliphatic rings. The van der Waals surface area contributed by atoms with Crippen LogP contribution in [0, 0.1) is 0 Å². The number of benzene rings is 1. The van der Waals surface area contributed by atoms with Crippen molar-refractivity contribution < 1.29 is 24.5 Å². The van der Waals surface area contributed by atoms with Crippen LogP contribution in [0.15, 0.2) is 36.1 Å². The Hall–Kier alpha value is -2.01. The standard InChI is InChI=1S/C10H7ClO5/c11-6-1-3-7(4-2-6)16-8(10(14)15)5-9(12)13/h1-5H,(H,12,13)(H,14,15)/b8-5+. The minimum Gasteiger partial charge on any atom is -0.478 e. The molecule has 0 saturated heterocycles. The first-order chi connectivity index (χ1) is 7.49. The lowest BCUT2D eigenvalue weighted by Gasteiger charge is -2.04. The molecule has 16 heavy (non-hydrogen) atoms. The van der Waals surface area contributed by atoms with E-state index in [-0.39, 0.29) is 5.75 Å². The second-order valence-electron chi connectivity index (χ2n) is 2.71. The van der Waals surface area contributed by atoms with Gasteiger partial charge in [-0.25, -0.2) is 9.59 Å². The van der Waals surface area contributed by atoms with Gasteiger partial charge in [0.2, 0.25) is 5.76 Å². The van der Waals surface area contributed by atoms with E-state index in [2.05, 4.69) is 0 Å². The summed E-state index contributed by atoms with van der Waals surface area (Å²) in [7, 11) is 0. The van der Waals surface area contributed by atoms with Crippen molar-refractivity contribution in [3.05, 3.63) is 41.1 Å². The molecule has 0 aliphatic heterocycles. The topological polar surface area (TPSA) is 83.8 Å². The first kappa shape index (κ1) is 12.1. The van der Waals surface area contributed by atoms with E-state index in [9.17, 15) is 9.59 Å². The van der Waals surface area contributed by atoms with E-state index in [0.717, 1.165) is 0 Å². The van der Waals surface area contributed by atoms with Crippen molar-refractivity contribution in [3.63, 3.8) is 0 Å². The summed E-state index contributed by atoms with van der Waals surface area (Å²) < 4.78 is 4.86. The van der Waals surface area contributed by atoms with Gasteiger partial charge in [-0.2, -0.15) is 0 Å². The predicted octanol–water partition coefficient (Wildman–Crippen LogP) is 1.77. The molecule has 0 spiro atoms. The molecule has 0 saturated carbocycles. The van der Waals surface area contributed by atoms with Crippen LogP contribution in [0.5, 0.6) is 5.75 Å².